The lowest BCUT2D eigenvalue weighted by molar-refractivity contribution is 0.00475. The fraction of sp³-hybridized carbons (Fsp3) is 0.714. The maximum atomic E-state index is 13.0. The number of methoxy groups -OCH3 is 1. The van der Waals surface area contributed by atoms with Crippen LogP contribution in [-0.2, 0) is 11.3 Å². The highest BCUT2D eigenvalue weighted by Gasteiger charge is 2.40. The number of piperazine rings is 1. The highest BCUT2D eigenvalue weighted by Crippen LogP contribution is 2.31. The minimum absolute atomic E-state index is 0.238. The number of nitrogens with one attached hydrogen (secondary N) is 1. The van der Waals surface area contributed by atoms with Crippen LogP contribution in [0.25, 0.3) is 0 Å². The summed E-state index contributed by atoms with van der Waals surface area (Å²) in [7, 11) is 1.64. The van der Waals surface area contributed by atoms with Crippen LogP contribution in [0.4, 0.5) is 4.79 Å². The van der Waals surface area contributed by atoms with Crippen LogP contribution >= 0.6 is 0 Å². The molecule has 1 N–H and O–H groups in total. The van der Waals surface area contributed by atoms with Crippen LogP contribution < -0.4 is 10.1 Å². The zero-order valence-electron chi connectivity index (χ0n) is 16.8. The summed E-state index contributed by atoms with van der Waals surface area (Å²) in [5.41, 5.74) is 0.823. The van der Waals surface area contributed by atoms with Crippen molar-refractivity contribution in [1.29, 1.82) is 0 Å². The zero-order valence-corrected chi connectivity index (χ0v) is 16.8. The first-order chi connectivity index (χ1) is 13.7. The Morgan fingerprint density at radius 3 is 2.68 bits per heavy atom. The van der Waals surface area contributed by atoms with Gasteiger partial charge in [0, 0.05) is 32.8 Å². The van der Waals surface area contributed by atoms with Gasteiger partial charge in [-0.2, -0.15) is 0 Å². The van der Waals surface area contributed by atoms with Gasteiger partial charge in [0.1, 0.15) is 0 Å². The molecule has 0 radical (unpaired) electrons. The molecule has 0 aromatic carbocycles. The van der Waals surface area contributed by atoms with E-state index < -0.39 is 0 Å². The summed E-state index contributed by atoms with van der Waals surface area (Å²) < 4.78 is 10.8. The van der Waals surface area contributed by atoms with Crippen LogP contribution in [0.1, 0.15) is 37.8 Å². The van der Waals surface area contributed by atoms with E-state index in [2.05, 4.69) is 15.2 Å². The van der Waals surface area contributed by atoms with E-state index in [0.29, 0.717) is 18.3 Å². The zero-order chi connectivity index (χ0) is 19.3. The molecule has 1 atom stereocenters. The van der Waals surface area contributed by atoms with E-state index in [1.165, 1.54) is 19.3 Å². The van der Waals surface area contributed by atoms with Crippen LogP contribution in [0.3, 0.4) is 0 Å². The highest BCUT2D eigenvalue weighted by atomic mass is 16.6. The van der Waals surface area contributed by atoms with Crippen LogP contribution in [0.2, 0.25) is 0 Å². The molecule has 3 aliphatic rings. The van der Waals surface area contributed by atoms with E-state index >= 15 is 0 Å². The molecule has 0 spiro atoms. The SMILES string of the molecule is COCc1ccc(OC(=O)N2CCN(C3CCC3)CC2C2CCNCC2)cn1. The first kappa shape index (κ1) is 19.6. The third kappa shape index (κ3) is 4.47. The number of pyridine rings is 1. The number of hydrogen-bond donors (Lipinski definition) is 1. The van der Waals surface area contributed by atoms with Crippen LogP contribution in [0, 0.1) is 5.92 Å². The van der Waals surface area contributed by atoms with Crippen molar-refractivity contribution in [3.8, 4) is 5.75 Å². The molecule has 2 aliphatic heterocycles. The largest absolute Gasteiger partial charge is 0.415 e. The second-order valence-electron chi connectivity index (χ2n) is 8.21. The molecule has 4 rings (SSSR count). The van der Waals surface area contributed by atoms with E-state index in [-0.39, 0.29) is 12.1 Å². The fourth-order valence-corrected chi connectivity index (χ4v) is 4.64. The van der Waals surface area contributed by atoms with Crippen LogP contribution in [0.5, 0.6) is 5.75 Å². The maximum absolute atomic E-state index is 13.0. The lowest BCUT2D eigenvalue weighted by atomic mass is 9.85. The third-order valence-electron chi connectivity index (χ3n) is 6.50. The number of amides is 1. The van der Waals surface area contributed by atoms with Gasteiger partial charge in [0.25, 0.3) is 0 Å². The van der Waals surface area contributed by atoms with Gasteiger partial charge < -0.3 is 19.7 Å². The molecular formula is C21H32N4O3. The van der Waals surface area contributed by atoms with Gasteiger partial charge in [-0.25, -0.2) is 4.79 Å². The first-order valence-electron chi connectivity index (χ1n) is 10.6. The normalized spacial score (nSPS) is 24.8. The van der Waals surface area contributed by atoms with Gasteiger partial charge in [-0.15, -0.1) is 0 Å². The number of ether oxygens (including phenoxy) is 2. The van der Waals surface area contributed by atoms with Crippen LogP contribution in [0.15, 0.2) is 18.3 Å². The van der Waals surface area contributed by atoms with E-state index in [1.54, 1.807) is 19.4 Å². The summed E-state index contributed by atoms with van der Waals surface area (Å²) in [6.07, 6.45) is 7.58. The van der Waals surface area contributed by atoms with Crippen molar-refractivity contribution in [2.24, 2.45) is 5.92 Å². The van der Waals surface area contributed by atoms with Crippen molar-refractivity contribution in [1.82, 2.24) is 20.1 Å². The lowest BCUT2D eigenvalue weighted by Gasteiger charge is -2.49. The molecule has 1 aliphatic carbocycles. The Balaban J connectivity index is 1.43. The van der Waals surface area contributed by atoms with Gasteiger partial charge in [0.05, 0.1) is 24.5 Å². The second-order valence-corrected chi connectivity index (χ2v) is 8.21. The molecular weight excluding hydrogens is 356 g/mol. The van der Waals surface area contributed by atoms with Crippen LogP contribution in [-0.4, -0.2) is 72.8 Å². The van der Waals surface area contributed by atoms with Gasteiger partial charge in [-0.05, 0) is 56.8 Å². The molecule has 1 saturated carbocycles. The lowest BCUT2D eigenvalue weighted by Crippen LogP contribution is -2.62. The summed E-state index contributed by atoms with van der Waals surface area (Å²) in [6.45, 7) is 5.21. The van der Waals surface area contributed by atoms with Crippen molar-refractivity contribution in [3.63, 3.8) is 0 Å². The number of carbonyl (C=O) groups is 1. The average molecular weight is 389 g/mol. The van der Waals surface area contributed by atoms with Crippen molar-refractivity contribution >= 4 is 6.09 Å². The number of aromatic nitrogens is 1. The Kier molecular flexibility index (Phi) is 6.44. The van der Waals surface area contributed by atoms with E-state index in [0.717, 1.165) is 57.3 Å². The monoisotopic (exact) mass is 388 g/mol. The van der Waals surface area contributed by atoms with E-state index in [4.69, 9.17) is 9.47 Å². The number of carbonyl (C=O) groups excluding carboxylic acids is 1. The van der Waals surface area contributed by atoms with Crippen molar-refractivity contribution in [3.05, 3.63) is 24.0 Å². The first-order valence-corrected chi connectivity index (χ1v) is 10.6. The Hall–Kier alpha value is -1.70. The number of hydrogen-bond acceptors (Lipinski definition) is 6. The van der Waals surface area contributed by atoms with Gasteiger partial charge in [0.15, 0.2) is 5.75 Å². The summed E-state index contributed by atoms with van der Waals surface area (Å²) in [4.78, 5) is 21.9. The molecule has 154 valence electrons. The number of piperidine rings is 1. The predicted molar refractivity (Wildman–Crippen MR) is 106 cm³/mol. The molecule has 1 aromatic heterocycles. The smallest absolute Gasteiger partial charge is 0.409 e. The maximum Gasteiger partial charge on any atom is 0.415 e. The van der Waals surface area contributed by atoms with Gasteiger partial charge >= 0.3 is 6.09 Å². The second kappa shape index (κ2) is 9.20. The molecule has 2 saturated heterocycles. The topological polar surface area (TPSA) is 66.9 Å². The summed E-state index contributed by atoms with van der Waals surface area (Å²) in [6, 6.07) is 4.60. The van der Waals surface area contributed by atoms with Gasteiger partial charge in [-0.3, -0.25) is 9.88 Å². The Labute approximate surface area is 167 Å². The molecule has 7 nitrogen and oxygen atoms in total. The molecule has 3 heterocycles. The third-order valence-corrected chi connectivity index (χ3v) is 6.50. The molecule has 1 amide bonds. The van der Waals surface area contributed by atoms with Crippen molar-refractivity contribution < 1.29 is 14.3 Å². The molecule has 7 heteroatoms. The minimum atomic E-state index is -0.238. The highest BCUT2D eigenvalue weighted by molar-refractivity contribution is 5.71. The fourth-order valence-electron chi connectivity index (χ4n) is 4.64. The Morgan fingerprint density at radius 2 is 2.04 bits per heavy atom. The summed E-state index contributed by atoms with van der Waals surface area (Å²) >= 11 is 0. The van der Waals surface area contributed by atoms with E-state index in [9.17, 15) is 4.79 Å². The Bertz CT molecular complexity index is 644. The van der Waals surface area contributed by atoms with Gasteiger partial charge in [-0.1, -0.05) is 6.42 Å². The average Bonchev–Trinajstić information content (AvgIpc) is 2.69. The van der Waals surface area contributed by atoms with Gasteiger partial charge in [0.2, 0.25) is 0 Å². The quantitative estimate of drug-likeness (QED) is 0.835. The molecule has 28 heavy (non-hydrogen) atoms. The molecule has 1 aromatic rings. The molecule has 3 fully saturated rings. The standard InChI is InChI=1S/C21H32N4O3/c1-27-15-17-5-6-19(13-23-17)28-21(26)25-12-11-24(18-3-2-4-18)14-20(25)16-7-9-22-10-8-16/h5-6,13,16,18,20,22H,2-4,7-12,14-15H2,1H3. The number of rotatable bonds is 5. The van der Waals surface area contributed by atoms with Crippen molar-refractivity contribution in [2.75, 3.05) is 39.8 Å². The molecule has 1 unspecified atom stereocenters. The summed E-state index contributed by atoms with van der Waals surface area (Å²) in [5, 5.41) is 3.44. The molecule has 0 bridgehead atoms. The Morgan fingerprint density at radius 1 is 1.21 bits per heavy atom. The summed E-state index contributed by atoms with van der Waals surface area (Å²) in [5.74, 6) is 1.04. The minimum Gasteiger partial charge on any atom is -0.409 e. The van der Waals surface area contributed by atoms with Crippen molar-refractivity contribution in [2.45, 2.75) is 50.8 Å². The number of nitrogens with zero attached hydrogens (tertiary/aromatic N) is 3. The van der Waals surface area contributed by atoms with E-state index in [1.807, 2.05) is 11.0 Å². The predicted octanol–water partition coefficient (Wildman–Crippen LogP) is 2.27.